The second-order valence-electron chi connectivity index (χ2n) is 2.51. The molecule has 0 amide bonds. The number of hydrogen-bond donors (Lipinski definition) is 1. The summed E-state index contributed by atoms with van der Waals surface area (Å²) in [7, 11) is 0. The molecule has 2 heterocycles. The van der Waals surface area contributed by atoms with Gasteiger partial charge >= 0.3 is 0 Å². The second-order valence-corrected chi connectivity index (χ2v) is 3.33. The molecule has 3 nitrogen and oxygen atoms in total. The van der Waals surface area contributed by atoms with E-state index < -0.39 is 0 Å². The van der Waals surface area contributed by atoms with Gasteiger partial charge in [-0.05, 0) is 28.1 Å². The van der Waals surface area contributed by atoms with Gasteiger partial charge in [-0.25, -0.2) is 4.98 Å². The van der Waals surface area contributed by atoms with Crippen LogP contribution in [0.5, 0.6) is 0 Å². The maximum Gasteiger partial charge on any atom is 0.106 e. The van der Waals surface area contributed by atoms with Gasteiger partial charge in [0.2, 0.25) is 0 Å². The van der Waals surface area contributed by atoms with Crippen LogP contribution in [0.4, 0.5) is 0 Å². The summed E-state index contributed by atoms with van der Waals surface area (Å²) in [6.07, 6.45) is 1.74. The molecule has 0 aromatic carbocycles. The highest BCUT2D eigenvalue weighted by Gasteiger charge is 1.92. The Hall–Kier alpha value is -0.450. The summed E-state index contributed by atoms with van der Waals surface area (Å²) in [6, 6.07) is 5.70. The van der Waals surface area contributed by atoms with Crippen LogP contribution in [0, 0.1) is 0 Å². The van der Waals surface area contributed by atoms with Crippen LogP contribution in [0.3, 0.4) is 0 Å². The number of aromatic nitrogens is 1. The lowest BCUT2D eigenvalue weighted by atomic mass is 10.5. The predicted molar refractivity (Wildman–Crippen MR) is 67.0 cm³/mol. The number of rotatable bonds is 0. The standard InChI is InChI=1S/C5H4BrN.C4H9NO.C2H6/c6-5-3-1-2-4-7-5;1-3-6-4-2-5-1;1-2/h1-4H;5H,1-4H2;1-2H3. The van der Waals surface area contributed by atoms with E-state index in [1.807, 2.05) is 32.0 Å². The van der Waals surface area contributed by atoms with Crippen molar-refractivity contribution in [1.29, 1.82) is 0 Å². The number of halogens is 1. The van der Waals surface area contributed by atoms with E-state index in [4.69, 9.17) is 4.74 Å². The zero-order chi connectivity index (χ0) is 11.4. The van der Waals surface area contributed by atoms with Crippen LogP contribution < -0.4 is 5.32 Å². The predicted octanol–water partition coefficient (Wildman–Crippen LogP) is 2.48. The summed E-state index contributed by atoms with van der Waals surface area (Å²) >= 11 is 3.20. The molecule has 0 atom stereocenters. The molecule has 2 rings (SSSR count). The minimum absolute atomic E-state index is 0.884. The summed E-state index contributed by atoms with van der Waals surface area (Å²) in [6.45, 7) is 7.83. The van der Waals surface area contributed by atoms with Crippen molar-refractivity contribution in [2.45, 2.75) is 13.8 Å². The van der Waals surface area contributed by atoms with Crippen molar-refractivity contribution >= 4 is 15.9 Å². The van der Waals surface area contributed by atoms with Gasteiger partial charge in [-0.15, -0.1) is 0 Å². The second kappa shape index (κ2) is 11.6. The highest BCUT2D eigenvalue weighted by molar-refractivity contribution is 9.10. The van der Waals surface area contributed by atoms with Crippen molar-refractivity contribution in [2.75, 3.05) is 26.3 Å². The summed E-state index contributed by atoms with van der Waals surface area (Å²) in [5, 5.41) is 3.16. The molecule has 1 aromatic heterocycles. The number of hydrogen-bond acceptors (Lipinski definition) is 3. The molecule has 1 aliphatic rings. The topological polar surface area (TPSA) is 34.1 Å². The van der Waals surface area contributed by atoms with Crippen molar-refractivity contribution < 1.29 is 4.74 Å². The molecule has 1 aromatic rings. The third-order valence-corrected chi connectivity index (χ3v) is 1.94. The van der Waals surface area contributed by atoms with E-state index in [1.165, 1.54) is 0 Å². The van der Waals surface area contributed by atoms with Crippen LogP contribution in [0.2, 0.25) is 0 Å². The molecule has 0 bridgehead atoms. The van der Waals surface area contributed by atoms with E-state index in [9.17, 15) is 0 Å². The van der Waals surface area contributed by atoms with Crippen molar-refractivity contribution in [3.8, 4) is 0 Å². The van der Waals surface area contributed by atoms with Crippen LogP contribution in [0.15, 0.2) is 29.0 Å². The molecule has 1 fully saturated rings. The molecule has 15 heavy (non-hydrogen) atoms. The Morgan fingerprint density at radius 2 is 1.93 bits per heavy atom. The van der Waals surface area contributed by atoms with Crippen LogP contribution >= 0.6 is 15.9 Å². The van der Waals surface area contributed by atoms with E-state index >= 15 is 0 Å². The highest BCUT2D eigenvalue weighted by Crippen LogP contribution is 2.00. The molecule has 0 spiro atoms. The lowest BCUT2D eigenvalue weighted by molar-refractivity contribution is 0.109. The summed E-state index contributed by atoms with van der Waals surface area (Å²) in [5.41, 5.74) is 0. The van der Waals surface area contributed by atoms with Crippen molar-refractivity contribution in [3.63, 3.8) is 0 Å². The lowest BCUT2D eigenvalue weighted by Gasteiger charge is -2.10. The molecule has 1 saturated heterocycles. The lowest BCUT2D eigenvalue weighted by Crippen LogP contribution is -2.30. The number of morpholine rings is 1. The normalized spacial score (nSPS) is 14.1. The molecule has 1 N–H and O–H groups in total. The average Bonchev–Trinajstić information content (AvgIpc) is 2.36. The van der Waals surface area contributed by atoms with Crippen molar-refractivity contribution in [2.24, 2.45) is 0 Å². The fourth-order valence-electron chi connectivity index (χ4n) is 0.858. The van der Waals surface area contributed by atoms with Crippen molar-refractivity contribution in [1.82, 2.24) is 10.3 Å². The quantitative estimate of drug-likeness (QED) is 0.739. The molecule has 0 unspecified atom stereocenters. The van der Waals surface area contributed by atoms with Gasteiger partial charge in [-0.3, -0.25) is 0 Å². The Balaban J connectivity index is 0.000000227. The Morgan fingerprint density at radius 1 is 1.27 bits per heavy atom. The molecular weight excluding hydrogens is 256 g/mol. The van der Waals surface area contributed by atoms with Crippen LogP contribution in [0.25, 0.3) is 0 Å². The fourth-order valence-corrected chi connectivity index (χ4v) is 1.13. The van der Waals surface area contributed by atoms with Gasteiger partial charge < -0.3 is 10.1 Å². The number of nitrogens with one attached hydrogen (secondary N) is 1. The van der Waals surface area contributed by atoms with Gasteiger partial charge in [0.15, 0.2) is 0 Å². The molecule has 1 aliphatic heterocycles. The van der Waals surface area contributed by atoms with E-state index in [0.29, 0.717) is 0 Å². The maximum absolute atomic E-state index is 5.01. The van der Waals surface area contributed by atoms with Gasteiger partial charge in [0.05, 0.1) is 13.2 Å². The number of ether oxygens (including phenoxy) is 1. The van der Waals surface area contributed by atoms with Gasteiger partial charge in [0, 0.05) is 19.3 Å². The Kier molecular flexibility index (Phi) is 11.3. The Morgan fingerprint density at radius 3 is 2.13 bits per heavy atom. The van der Waals surface area contributed by atoms with Gasteiger partial charge in [0.25, 0.3) is 0 Å². The number of nitrogens with zero attached hydrogens (tertiary/aromatic N) is 1. The van der Waals surface area contributed by atoms with Crippen LogP contribution in [0.1, 0.15) is 13.8 Å². The zero-order valence-electron chi connectivity index (χ0n) is 9.37. The third kappa shape index (κ3) is 9.85. The fraction of sp³-hybridized carbons (Fsp3) is 0.545. The summed E-state index contributed by atoms with van der Waals surface area (Å²) in [4.78, 5) is 3.90. The van der Waals surface area contributed by atoms with Crippen molar-refractivity contribution in [3.05, 3.63) is 29.0 Å². The van der Waals surface area contributed by atoms with E-state index in [2.05, 4.69) is 26.2 Å². The van der Waals surface area contributed by atoms with E-state index in [1.54, 1.807) is 6.20 Å². The maximum atomic E-state index is 5.01. The molecule has 0 radical (unpaired) electrons. The first-order chi connectivity index (χ1) is 7.39. The molecular formula is C11H19BrN2O. The Labute approximate surface area is 100 Å². The smallest absolute Gasteiger partial charge is 0.106 e. The first kappa shape index (κ1) is 14.6. The zero-order valence-corrected chi connectivity index (χ0v) is 11.0. The van der Waals surface area contributed by atoms with Gasteiger partial charge in [-0.1, -0.05) is 19.9 Å². The van der Waals surface area contributed by atoms with Gasteiger partial charge in [0.1, 0.15) is 4.60 Å². The molecule has 0 aliphatic carbocycles. The first-order valence-corrected chi connectivity index (χ1v) is 6.04. The van der Waals surface area contributed by atoms with Gasteiger partial charge in [-0.2, -0.15) is 0 Å². The van der Waals surface area contributed by atoms with E-state index in [-0.39, 0.29) is 0 Å². The average molecular weight is 275 g/mol. The Bertz CT molecular complexity index is 204. The minimum atomic E-state index is 0.884. The SMILES string of the molecule is Brc1ccccn1.C1COCCN1.CC. The van der Waals surface area contributed by atoms with E-state index in [0.717, 1.165) is 30.9 Å². The largest absolute Gasteiger partial charge is 0.379 e. The van der Waals surface area contributed by atoms with Crippen LogP contribution in [-0.2, 0) is 4.74 Å². The third-order valence-electron chi connectivity index (χ3n) is 1.48. The monoisotopic (exact) mass is 274 g/mol. The van der Waals surface area contributed by atoms with Crippen LogP contribution in [-0.4, -0.2) is 31.3 Å². The minimum Gasteiger partial charge on any atom is -0.379 e. The number of pyridine rings is 1. The first-order valence-electron chi connectivity index (χ1n) is 5.24. The summed E-state index contributed by atoms with van der Waals surface area (Å²) in [5.74, 6) is 0. The highest BCUT2D eigenvalue weighted by atomic mass is 79.9. The molecule has 0 saturated carbocycles. The molecule has 4 heteroatoms. The summed E-state index contributed by atoms with van der Waals surface area (Å²) < 4.78 is 5.89. The molecule has 86 valence electrons.